The standard InChI is InChI=1S/C12H23N3S/c1-5-12(4,7-13)8-15-10(3)11-14-6-9(2)16-11/h6,10,15H,5,7-8,13H2,1-4H3. The number of aryl methyl sites for hydroxylation is 1. The molecule has 3 nitrogen and oxygen atoms in total. The maximum Gasteiger partial charge on any atom is 0.109 e. The van der Waals surface area contributed by atoms with Gasteiger partial charge < -0.3 is 11.1 Å². The first-order valence-corrected chi connectivity index (χ1v) is 6.68. The second-order valence-corrected chi connectivity index (χ2v) is 6.05. The predicted molar refractivity (Wildman–Crippen MR) is 70.7 cm³/mol. The number of rotatable bonds is 6. The summed E-state index contributed by atoms with van der Waals surface area (Å²) >= 11 is 1.76. The fourth-order valence-electron chi connectivity index (χ4n) is 1.40. The van der Waals surface area contributed by atoms with Crippen LogP contribution in [0.2, 0.25) is 0 Å². The fourth-order valence-corrected chi connectivity index (χ4v) is 2.20. The Balaban J connectivity index is 2.49. The van der Waals surface area contributed by atoms with Crippen LogP contribution in [0, 0.1) is 12.3 Å². The van der Waals surface area contributed by atoms with E-state index in [1.807, 2.05) is 6.20 Å². The highest BCUT2D eigenvalue weighted by Crippen LogP contribution is 2.22. The molecule has 16 heavy (non-hydrogen) atoms. The van der Waals surface area contributed by atoms with Gasteiger partial charge in [-0.25, -0.2) is 4.98 Å². The van der Waals surface area contributed by atoms with E-state index in [1.165, 1.54) is 4.88 Å². The van der Waals surface area contributed by atoms with Gasteiger partial charge >= 0.3 is 0 Å². The predicted octanol–water partition coefficient (Wildman–Crippen LogP) is 2.48. The van der Waals surface area contributed by atoms with E-state index >= 15 is 0 Å². The topological polar surface area (TPSA) is 50.9 Å². The Morgan fingerprint density at radius 2 is 2.31 bits per heavy atom. The van der Waals surface area contributed by atoms with Crippen LogP contribution in [-0.2, 0) is 0 Å². The first kappa shape index (κ1) is 13.6. The summed E-state index contributed by atoms with van der Waals surface area (Å²) in [6.07, 6.45) is 3.03. The molecule has 1 aromatic heterocycles. The normalized spacial score (nSPS) is 17.1. The Kier molecular flexibility index (Phi) is 4.89. The summed E-state index contributed by atoms with van der Waals surface area (Å²) in [6, 6.07) is 0.316. The van der Waals surface area contributed by atoms with Crippen LogP contribution in [0.15, 0.2) is 6.20 Å². The highest BCUT2D eigenvalue weighted by molar-refractivity contribution is 7.11. The summed E-state index contributed by atoms with van der Waals surface area (Å²) in [7, 11) is 0. The molecule has 0 aliphatic carbocycles. The van der Waals surface area contributed by atoms with Crippen molar-refractivity contribution in [2.24, 2.45) is 11.1 Å². The summed E-state index contributed by atoms with van der Waals surface area (Å²) in [5.41, 5.74) is 5.99. The Morgan fingerprint density at radius 3 is 2.75 bits per heavy atom. The smallest absolute Gasteiger partial charge is 0.109 e. The molecule has 0 fully saturated rings. The van der Waals surface area contributed by atoms with Crippen molar-refractivity contribution in [2.45, 2.75) is 40.2 Å². The molecule has 92 valence electrons. The van der Waals surface area contributed by atoms with Gasteiger partial charge in [0.1, 0.15) is 5.01 Å². The lowest BCUT2D eigenvalue weighted by molar-refractivity contribution is 0.291. The molecule has 2 atom stereocenters. The van der Waals surface area contributed by atoms with Gasteiger partial charge in [-0.15, -0.1) is 11.3 Å². The first-order chi connectivity index (χ1) is 7.50. The molecule has 0 spiro atoms. The third-order valence-electron chi connectivity index (χ3n) is 3.19. The van der Waals surface area contributed by atoms with Crippen molar-refractivity contribution in [3.05, 3.63) is 16.1 Å². The van der Waals surface area contributed by atoms with Crippen LogP contribution in [0.25, 0.3) is 0 Å². The summed E-state index contributed by atoms with van der Waals surface area (Å²) < 4.78 is 0. The summed E-state index contributed by atoms with van der Waals surface area (Å²) in [5, 5.41) is 4.68. The van der Waals surface area contributed by atoms with Crippen LogP contribution in [0.1, 0.15) is 43.1 Å². The van der Waals surface area contributed by atoms with Gasteiger partial charge in [0.25, 0.3) is 0 Å². The molecule has 0 saturated carbocycles. The molecule has 2 unspecified atom stereocenters. The molecule has 0 bridgehead atoms. The second kappa shape index (κ2) is 5.75. The van der Waals surface area contributed by atoms with Gasteiger partial charge in [-0.2, -0.15) is 0 Å². The van der Waals surface area contributed by atoms with Crippen LogP contribution in [0.5, 0.6) is 0 Å². The molecular weight excluding hydrogens is 218 g/mol. The van der Waals surface area contributed by atoms with E-state index < -0.39 is 0 Å². The number of nitrogens with zero attached hydrogens (tertiary/aromatic N) is 1. The number of aromatic nitrogens is 1. The van der Waals surface area contributed by atoms with Crippen LogP contribution < -0.4 is 11.1 Å². The van der Waals surface area contributed by atoms with E-state index in [2.05, 4.69) is 38.0 Å². The van der Waals surface area contributed by atoms with Crippen molar-refractivity contribution in [1.82, 2.24) is 10.3 Å². The summed E-state index contributed by atoms with van der Waals surface area (Å²) in [4.78, 5) is 5.66. The van der Waals surface area contributed by atoms with Crippen molar-refractivity contribution in [3.63, 3.8) is 0 Å². The Morgan fingerprint density at radius 1 is 1.62 bits per heavy atom. The average molecular weight is 241 g/mol. The minimum atomic E-state index is 0.195. The second-order valence-electron chi connectivity index (χ2n) is 4.78. The van der Waals surface area contributed by atoms with Gasteiger partial charge in [0.15, 0.2) is 0 Å². The highest BCUT2D eigenvalue weighted by Gasteiger charge is 2.21. The Hall–Kier alpha value is -0.450. The van der Waals surface area contributed by atoms with E-state index in [9.17, 15) is 0 Å². The number of hydrogen-bond acceptors (Lipinski definition) is 4. The highest BCUT2D eigenvalue weighted by atomic mass is 32.1. The third kappa shape index (κ3) is 3.54. The van der Waals surface area contributed by atoms with Crippen LogP contribution >= 0.6 is 11.3 Å². The zero-order valence-electron chi connectivity index (χ0n) is 10.7. The average Bonchev–Trinajstić information content (AvgIpc) is 2.72. The lowest BCUT2D eigenvalue weighted by atomic mass is 9.87. The van der Waals surface area contributed by atoms with Gasteiger partial charge in [0.2, 0.25) is 0 Å². The molecule has 0 aliphatic rings. The third-order valence-corrected chi connectivity index (χ3v) is 4.29. The molecule has 1 aromatic rings. The molecule has 0 saturated heterocycles. The molecular formula is C12H23N3S. The number of nitrogens with two attached hydrogens (primary N) is 1. The maximum absolute atomic E-state index is 5.79. The Labute approximate surface area is 102 Å². The molecule has 1 rings (SSSR count). The SMILES string of the molecule is CCC(C)(CN)CNC(C)c1ncc(C)s1. The van der Waals surface area contributed by atoms with E-state index in [4.69, 9.17) is 5.73 Å². The maximum atomic E-state index is 5.79. The van der Waals surface area contributed by atoms with E-state index in [0.29, 0.717) is 6.04 Å². The molecule has 1 heterocycles. The zero-order valence-corrected chi connectivity index (χ0v) is 11.5. The molecule has 3 N–H and O–H groups in total. The van der Waals surface area contributed by atoms with Crippen LogP contribution in [-0.4, -0.2) is 18.1 Å². The van der Waals surface area contributed by atoms with E-state index in [-0.39, 0.29) is 5.41 Å². The molecule has 0 aromatic carbocycles. The summed E-state index contributed by atoms with van der Waals surface area (Å²) in [6.45, 7) is 10.3. The number of thiazole rings is 1. The van der Waals surface area contributed by atoms with Crippen molar-refractivity contribution < 1.29 is 0 Å². The molecule has 4 heteroatoms. The van der Waals surface area contributed by atoms with Gasteiger partial charge in [-0.05, 0) is 32.2 Å². The Bertz CT molecular complexity index is 318. The lowest BCUT2D eigenvalue weighted by Gasteiger charge is -2.28. The van der Waals surface area contributed by atoms with Crippen LogP contribution in [0.3, 0.4) is 0 Å². The van der Waals surface area contributed by atoms with Crippen molar-refractivity contribution in [2.75, 3.05) is 13.1 Å². The number of nitrogens with one attached hydrogen (secondary N) is 1. The van der Waals surface area contributed by atoms with Gasteiger partial charge in [0, 0.05) is 17.6 Å². The van der Waals surface area contributed by atoms with E-state index in [1.54, 1.807) is 11.3 Å². The van der Waals surface area contributed by atoms with E-state index in [0.717, 1.165) is 24.5 Å². The van der Waals surface area contributed by atoms with Crippen molar-refractivity contribution in [1.29, 1.82) is 0 Å². The summed E-state index contributed by atoms with van der Waals surface area (Å²) in [5.74, 6) is 0. The van der Waals surface area contributed by atoms with Crippen molar-refractivity contribution >= 4 is 11.3 Å². The largest absolute Gasteiger partial charge is 0.330 e. The minimum Gasteiger partial charge on any atom is -0.330 e. The van der Waals surface area contributed by atoms with Gasteiger partial charge in [-0.3, -0.25) is 0 Å². The van der Waals surface area contributed by atoms with Gasteiger partial charge in [-0.1, -0.05) is 13.8 Å². The van der Waals surface area contributed by atoms with Crippen LogP contribution in [0.4, 0.5) is 0 Å². The molecule has 0 aliphatic heterocycles. The number of hydrogen-bond donors (Lipinski definition) is 2. The lowest BCUT2D eigenvalue weighted by Crippen LogP contribution is -2.38. The minimum absolute atomic E-state index is 0.195. The fraction of sp³-hybridized carbons (Fsp3) is 0.750. The molecule has 0 amide bonds. The monoisotopic (exact) mass is 241 g/mol. The van der Waals surface area contributed by atoms with Gasteiger partial charge in [0.05, 0.1) is 6.04 Å². The molecule has 0 radical (unpaired) electrons. The first-order valence-electron chi connectivity index (χ1n) is 5.86. The van der Waals surface area contributed by atoms with Crippen molar-refractivity contribution in [3.8, 4) is 0 Å². The quantitative estimate of drug-likeness (QED) is 0.804. The zero-order chi connectivity index (χ0) is 12.2.